The molecule has 0 spiro atoms. The lowest BCUT2D eigenvalue weighted by atomic mass is 9.90. The normalized spacial score (nSPS) is 17.2. The summed E-state index contributed by atoms with van der Waals surface area (Å²) in [5, 5.41) is 3.83. The predicted octanol–water partition coefficient (Wildman–Crippen LogP) is 5.09. The van der Waals surface area contributed by atoms with Gasteiger partial charge in [0.25, 0.3) is 0 Å². The van der Waals surface area contributed by atoms with Gasteiger partial charge in [-0.1, -0.05) is 23.7 Å². The third-order valence-corrected chi connectivity index (χ3v) is 4.19. The standard InChI is InChI=1S/C17H16ClF2N/c18-14-3-4-16(20)15(9-14)12-1-2-13-7-11(5-6-19)10-21-17(13)8-12/h1-4,8-9,11,21H,5-7,10H2/t11-/m1/s1. The van der Waals surface area contributed by atoms with Gasteiger partial charge >= 0.3 is 0 Å². The largest absolute Gasteiger partial charge is 0.385 e. The summed E-state index contributed by atoms with van der Waals surface area (Å²) in [5.41, 5.74) is 3.45. The number of hydrogen-bond donors (Lipinski definition) is 1. The molecule has 1 aliphatic heterocycles. The van der Waals surface area contributed by atoms with Gasteiger partial charge in [0.1, 0.15) is 5.82 Å². The highest BCUT2D eigenvalue weighted by Gasteiger charge is 2.19. The SMILES string of the molecule is FCC[C@H]1CNc2cc(-c3cc(Cl)ccc3F)ccc2C1. The zero-order valence-electron chi connectivity index (χ0n) is 11.5. The van der Waals surface area contributed by atoms with E-state index in [2.05, 4.69) is 5.32 Å². The Kier molecular flexibility index (Phi) is 4.11. The molecule has 1 N–H and O–H groups in total. The second kappa shape index (κ2) is 6.02. The molecule has 0 aromatic heterocycles. The Morgan fingerprint density at radius 2 is 2.05 bits per heavy atom. The topological polar surface area (TPSA) is 12.0 Å². The highest BCUT2D eigenvalue weighted by atomic mass is 35.5. The molecule has 1 aliphatic rings. The summed E-state index contributed by atoms with van der Waals surface area (Å²) in [6.07, 6.45) is 1.45. The summed E-state index contributed by atoms with van der Waals surface area (Å²) in [6, 6.07) is 10.4. The van der Waals surface area contributed by atoms with E-state index in [9.17, 15) is 8.78 Å². The lowest BCUT2D eigenvalue weighted by molar-refractivity contribution is 0.390. The summed E-state index contributed by atoms with van der Waals surface area (Å²) in [7, 11) is 0. The van der Waals surface area contributed by atoms with Crippen LogP contribution in [-0.4, -0.2) is 13.2 Å². The van der Waals surface area contributed by atoms with Crippen molar-refractivity contribution in [2.24, 2.45) is 5.92 Å². The fourth-order valence-corrected chi connectivity index (χ4v) is 2.97. The molecule has 1 atom stereocenters. The van der Waals surface area contributed by atoms with E-state index in [1.165, 1.54) is 6.07 Å². The number of halogens is 3. The van der Waals surface area contributed by atoms with Gasteiger partial charge in [-0.3, -0.25) is 4.39 Å². The smallest absolute Gasteiger partial charge is 0.131 e. The van der Waals surface area contributed by atoms with E-state index in [1.807, 2.05) is 18.2 Å². The van der Waals surface area contributed by atoms with Crippen molar-refractivity contribution in [2.75, 3.05) is 18.5 Å². The molecule has 21 heavy (non-hydrogen) atoms. The van der Waals surface area contributed by atoms with Crippen molar-refractivity contribution < 1.29 is 8.78 Å². The fraction of sp³-hybridized carbons (Fsp3) is 0.294. The van der Waals surface area contributed by atoms with E-state index < -0.39 is 0 Å². The zero-order valence-corrected chi connectivity index (χ0v) is 12.3. The van der Waals surface area contributed by atoms with Crippen molar-refractivity contribution in [1.82, 2.24) is 0 Å². The average molecular weight is 308 g/mol. The number of rotatable bonds is 3. The number of hydrogen-bond acceptors (Lipinski definition) is 1. The van der Waals surface area contributed by atoms with Crippen LogP contribution in [0.5, 0.6) is 0 Å². The number of anilines is 1. The molecule has 4 heteroatoms. The molecule has 0 bridgehead atoms. The van der Waals surface area contributed by atoms with Crippen molar-refractivity contribution in [2.45, 2.75) is 12.8 Å². The summed E-state index contributed by atoms with van der Waals surface area (Å²) in [5.74, 6) is 0.0433. The highest BCUT2D eigenvalue weighted by molar-refractivity contribution is 6.30. The van der Waals surface area contributed by atoms with Crippen LogP contribution in [0.2, 0.25) is 5.02 Å². The predicted molar refractivity (Wildman–Crippen MR) is 83.1 cm³/mol. The maximum absolute atomic E-state index is 13.9. The molecule has 2 aromatic rings. The minimum atomic E-state index is -0.287. The summed E-state index contributed by atoms with van der Waals surface area (Å²) in [4.78, 5) is 0. The molecule has 2 aromatic carbocycles. The van der Waals surface area contributed by atoms with Gasteiger partial charge in [-0.15, -0.1) is 0 Å². The first-order chi connectivity index (χ1) is 10.2. The number of benzene rings is 2. The van der Waals surface area contributed by atoms with Gasteiger partial charge in [-0.2, -0.15) is 0 Å². The van der Waals surface area contributed by atoms with Gasteiger partial charge in [-0.05, 0) is 54.2 Å². The summed E-state index contributed by atoms with van der Waals surface area (Å²) in [6.45, 7) is 0.478. The molecule has 110 valence electrons. The van der Waals surface area contributed by atoms with Crippen LogP contribution in [0, 0.1) is 11.7 Å². The van der Waals surface area contributed by atoms with Gasteiger partial charge < -0.3 is 5.32 Å². The molecular formula is C17H16ClF2N. The van der Waals surface area contributed by atoms with Crippen molar-refractivity contribution in [3.63, 3.8) is 0 Å². The molecule has 0 unspecified atom stereocenters. The molecule has 0 saturated heterocycles. The Balaban J connectivity index is 1.92. The number of nitrogens with one attached hydrogen (secondary N) is 1. The van der Waals surface area contributed by atoms with Crippen LogP contribution in [0.25, 0.3) is 11.1 Å². The van der Waals surface area contributed by atoms with E-state index in [1.54, 1.807) is 12.1 Å². The van der Waals surface area contributed by atoms with Crippen LogP contribution in [-0.2, 0) is 6.42 Å². The van der Waals surface area contributed by atoms with Crippen LogP contribution in [0.15, 0.2) is 36.4 Å². The van der Waals surface area contributed by atoms with Gasteiger partial charge in [0.05, 0.1) is 6.67 Å². The number of fused-ring (bicyclic) bond motifs is 1. The Morgan fingerprint density at radius 1 is 1.19 bits per heavy atom. The van der Waals surface area contributed by atoms with E-state index in [0.29, 0.717) is 22.9 Å². The van der Waals surface area contributed by atoms with E-state index in [0.717, 1.165) is 29.8 Å². The summed E-state index contributed by atoms with van der Waals surface area (Å²) < 4.78 is 26.4. The third kappa shape index (κ3) is 3.03. The van der Waals surface area contributed by atoms with Crippen molar-refractivity contribution in [3.05, 3.63) is 52.8 Å². The monoisotopic (exact) mass is 307 g/mol. The molecule has 0 saturated carbocycles. The lowest BCUT2D eigenvalue weighted by Crippen LogP contribution is -2.23. The van der Waals surface area contributed by atoms with Gasteiger partial charge in [0.15, 0.2) is 0 Å². The first kappa shape index (κ1) is 14.3. The van der Waals surface area contributed by atoms with Crippen molar-refractivity contribution in [3.8, 4) is 11.1 Å². The Bertz CT molecular complexity index is 657. The second-order valence-corrected chi connectivity index (χ2v) is 5.86. The average Bonchev–Trinajstić information content (AvgIpc) is 2.49. The quantitative estimate of drug-likeness (QED) is 0.833. The Labute approximate surface area is 127 Å². The molecule has 3 rings (SSSR count). The second-order valence-electron chi connectivity index (χ2n) is 5.42. The van der Waals surface area contributed by atoms with Gasteiger partial charge in [0.2, 0.25) is 0 Å². The molecular weight excluding hydrogens is 292 g/mol. The maximum Gasteiger partial charge on any atom is 0.131 e. The molecule has 1 nitrogen and oxygen atoms in total. The fourth-order valence-electron chi connectivity index (χ4n) is 2.80. The van der Waals surface area contributed by atoms with Crippen LogP contribution >= 0.6 is 11.6 Å². The zero-order chi connectivity index (χ0) is 14.8. The van der Waals surface area contributed by atoms with Crippen LogP contribution < -0.4 is 5.32 Å². The first-order valence-corrected chi connectivity index (χ1v) is 7.43. The van der Waals surface area contributed by atoms with E-state index in [-0.39, 0.29) is 12.5 Å². The maximum atomic E-state index is 13.9. The Morgan fingerprint density at radius 3 is 2.86 bits per heavy atom. The lowest BCUT2D eigenvalue weighted by Gasteiger charge is -2.26. The first-order valence-electron chi connectivity index (χ1n) is 7.05. The molecule has 0 aliphatic carbocycles. The van der Waals surface area contributed by atoms with E-state index in [4.69, 9.17) is 11.6 Å². The van der Waals surface area contributed by atoms with Gasteiger partial charge in [0, 0.05) is 22.8 Å². The van der Waals surface area contributed by atoms with Crippen LogP contribution in [0.4, 0.5) is 14.5 Å². The molecule has 0 amide bonds. The number of alkyl halides is 1. The third-order valence-electron chi connectivity index (χ3n) is 3.96. The van der Waals surface area contributed by atoms with Crippen LogP contribution in [0.3, 0.4) is 0 Å². The Hall–Kier alpha value is -1.61. The minimum absolute atomic E-state index is 0.284. The summed E-state index contributed by atoms with van der Waals surface area (Å²) >= 11 is 5.95. The molecule has 0 radical (unpaired) electrons. The van der Waals surface area contributed by atoms with Gasteiger partial charge in [-0.25, -0.2) is 4.39 Å². The van der Waals surface area contributed by atoms with Crippen LogP contribution in [0.1, 0.15) is 12.0 Å². The highest BCUT2D eigenvalue weighted by Crippen LogP contribution is 2.33. The van der Waals surface area contributed by atoms with Crippen molar-refractivity contribution >= 4 is 17.3 Å². The molecule has 0 fully saturated rings. The van der Waals surface area contributed by atoms with E-state index >= 15 is 0 Å². The minimum Gasteiger partial charge on any atom is -0.385 e. The molecule has 1 heterocycles. The van der Waals surface area contributed by atoms with Crippen molar-refractivity contribution in [1.29, 1.82) is 0 Å².